The molecule has 0 fully saturated rings. The van der Waals surface area contributed by atoms with Crippen molar-refractivity contribution in [1.82, 2.24) is 0 Å². The fourth-order valence-corrected chi connectivity index (χ4v) is 2.31. The van der Waals surface area contributed by atoms with Gasteiger partial charge in [-0.2, -0.15) is 0 Å². The molecule has 0 saturated carbocycles. The van der Waals surface area contributed by atoms with Gasteiger partial charge in [0.2, 0.25) is 0 Å². The van der Waals surface area contributed by atoms with E-state index in [1.807, 2.05) is 37.3 Å². The van der Waals surface area contributed by atoms with Crippen molar-refractivity contribution in [3.63, 3.8) is 0 Å². The highest BCUT2D eigenvalue weighted by atomic mass is 32.2. The van der Waals surface area contributed by atoms with Gasteiger partial charge in [-0.25, -0.2) is 9.38 Å². The normalized spacial score (nSPS) is 11.6. The van der Waals surface area contributed by atoms with Gasteiger partial charge < -0.3 is 5.73 Å². The first-order valence-corrected chi connectivity index (χ1v) is 6.90. The Morgan fingerprint density at radius 2 is 2.00 bits per heavy atom. The van der Waals surface area contributed by atoms with Gasteiger partial charge in [-0.05, 0) is 42.3 Å². The third kappa shape index (κ3) is 4.41. The van der Waals surface area contributed by atoms with E-state index in [9.17, 15) is 4.39 Å². The fraction of sp³-hybridized carbons (Fsp3) is 0.133. The molecule has 19 heavy (non-hydrogen) atoms. The van der Waals surface area contributed by atoms with Gasteiger partial charge in [0, 0.05) is 5.75 Å². The number of aryl methyl sites for hydroxylation is 1. The molecular weight excluding hydrogens is 259 g/mol. The van der Waals surface area contributed by atoms with Crippen LogP contribution in [0.1, 0.15) is 11.1 Å². The first kappa shape index (κ1) is 13.6. The van der Waals surface area contributed by atoms with Gasteiger partial charge >= 0.3 is 0 Å². The molecular formula is C15H15FN2S. The molecule has 4 heteroatoms. The van der Waals surface area contributed by atoms with Crippen molar-refractivity contribution >= 4 is 22.6 Å². The number of benzene rings is 2. The molecule has 98 valence electrons. The lowest BCUT2D eigenvalue weighted by atomic mass is 10.2. The summed E-state index contributed by atoms with van der Waals surface area (Å²) in [5, 5.41) is 0.481. The molecule has 0 radical (unpaired) electrons. The molecule has 0 aliphatic rings. The van der Waals surface area contributed by atoms with E-state index < -0.39 is 0 Å². The van der Waals surface area contributed by atoms with Gasteiger partial charge in [0.05, 0.1) is 5.69 Å². The average Bonchev–Trinajstić information content (AvgIpc) is 2.36. The van der Waals surface area contributed by atoms with Gasteiger partial charge in [-0.15, -0.1) is 0 Å². The summed E-state index contributed by atoms with van der Waals surface area (Å²) in [4.78, 5) is 4.32. The third-order valence-electron chi connectivity index (χ3n) is 2.52. The average molecular weight is 274 g/mol. The fourth-order valence-electron chi connectivity index (χ4n) is 1.64. The summed E-state index contributed by atoms with van der Waals surface area (Å²) in [7, 11) is 0. The molecule has 0 spiro atoms. The molecule has 0 bridgehead atoms. The van der Waals surface area contributed by atoms with E-state index in [0.717, 1.165) is 16.8 Å². The van der Waals surface area contributed by atoms with Crippen LogP contribution in [-0.2, 0) is 5.75 Å². The summed E-state index contributed by atoms with van der Waals surface area (Å²) in [6, 6.07) is 14.3. The van der Waals surface area contributed by atoms with Gasteiger partial charge in [0.1, 0.15) is 5.82 Å². The van der Waals surface area contributed by atoms with Crippen LogP contribution in [0.25, 0.3) is 0 Å². The van der Waals surface area contributed by atoms with E-state index in [1.165, 1.54) is 23.9 Å². The third-order valence-corrected chi connectivity index (χ3v) is 3.38. The number of hydrogen-bond acceptors (Lipinski definition) is 2. The molecule has 0 aromatic heterocycles. The van der Waals surface area contributed by atoms with Crippen molar-refractivity contribution < 1.29 is 4.39 Å². The minimum Gasteiger partial charge on any atom is -0.378 e. The molecule has 2 N–H and O–H groups in total. The number of thioether (sulfide) groups is 1. The molecule has 2 aromatic carbocycles. The van der Waals surface area contributed by atoms with Crippen LogP contribution in [0.3, 0.4) is 0 Å². The summed E-state index contributed by atoms with van der Waals surface area (Å²) in [6.07, 6.45) is 0. The van der Waals surface area contributed by atoms with Crippen LogP contribution in [0, 0.1) is 12.7 Å². The van der Waals surface area contributed by atoms with E-state index in [-0.39, 0.29) is 5.82 Å². The number of halogens is 1. The molecule has 2 rings (SSSR count). The molecule has 0 aliphatic heterocycles. The lowest BCUT2D eigenvalue weighted by Gasteiger charge is -2.02. The van der Waals surface area contributed by atoms with Crippen LogP contribution in [0.5, 0.6) is 0 Å². The molecule has 2 aromatic rings. The molecule has 0 saturated heterocycles. The summed E-state index contributed by atoms with van der Waals surface area (Å²) >= 11 is 1.40. The van der Waals surface area contributed by atoms with Crippen molar-refractivity contribution in [3.05, 3.63) is 65.5 Å². The number of rotatable bonds is 3. The molecule has 0 unspecified atom stereocenters. The lowest BCUT2D eigenvalue weighted by molar-refractivity contribution is 0.626. The predicted molar refractivity (Wildman–Crippen MR) is 80.2 cm³/mol. The highest BCUT2D eigenvalue weighted by Gasteiger charge is 1.99. The smallest absolute Gasteiger partial charge is 0.159 e. The zero-order chi connectivity index (χ0) is 13.7. The van der Waals surface area contributed by atoms with Gasteiger partial charge in [-0.1, -0.05) is 36.0 Å². The maximum Gasteiger partial charge on any atom is 0.159 e. The van der Waals surface area contributed by atoms with E-state index >= 15 is 0 Å². The topological polar surface area (TPSA) is 38.4 Å². The van der Waals surface area contributed by atoms with Crippen molar-refractivity contribution in [2.75, 3.05) is 0 Å². The van der Waals surface area contributed by atoms with Crippen molar-refractivity contribution in [2.24, 2.45) is 10.7 Å². The van der Waals surface area contributed by atoms with E-state index in [1.54, 1.807) is 6.07 Å². The Hall–Kier alpha value is -1.81. The van der Waals surface area contributed by atoms with E-state index in [4.69, 9.17) is 5.73 Å². The minimum atomic E-state index is -0.229. The summed E-state index contributed by atoms with van der Waals surface area (Å²) < 4.78 is 13.0. The predicted octanol–water partition coefficient (Wildman–Crippen LogP) is 4.01. The van der Waals surface area contributed by atoms with Crippen LogP contribution < -0.4 is 5.73 Å². The largest absolute Gasteiger partial charge is 0.378 e. The first-order chi connectivity index (χ1) is 9.13. The van der Waals surface area contributed by atoms with Crippen molar-refractivity contribution in [3.8, 4) is 0 Å². The molecule has 0 atom stereocenters. The maximum atomic E-state index is 13.0. The second-order valence-electron chi connectivity index (χ2n) is 4.21. The number of amidine groups is 1. The number of nitrogens with two attached hydrogens (primary N) is 1. The minimum absolute atomic E-state index is 0.229. The zero-order valence-corrected chi connectivity index (χ0v) is 11.5. The van der Waals surface area contributed by atoms with Crippen molar-refractivity contribution in [2.45, 2.75) is 12.7 Å². The quantitative estimate of drug-likeness (QED) is 0.678. The molecule has 0 heterocycles. The lowest BCUT2D eigenvalue weighted by Crippen LogP contribution is -2.06. The Morgan fingerprint density at radius 3 is 2.74 bits per heavy atom. The van der Waals surface area contributed by atoms with Crippen LogP contribution in [0.4, 0.5) is 10.1 Å². The number of hydrogen-bond donors (Lipinski definition) is 1. The maximum absolute atomic E-state index is 13.0. The van der Waals surface area contributed by atoms with Gasteiger partial charge in [0.25, 0.3) is 0 Å². The number of aliphatic imine (C=N–C) groups is 1. The number of nitrogens with zero attached hydrogens (tertiary/aromatic N) is 1. The Balaban J connectivity index is 1.99. The first-order valence-electron chi connectivity index (χ1n) is 5.91. The summed E-state index contributed by atoms with van der Waals surface area (Å²) in [5.41, 5.74) is 8.74. The summed E-state index contributed by atoms with van der Waals surface area (Å²) in [6.45, 7) is 2.01. The van der Waals surface area contributed by atoms with Gasteiger partial charge in [0.15, 0.2) is 5.17 Å². The summed E-state index contributed by atoms with van der Waals surface area (Å²) in [5.74, 6) is 0.381. The molecule has 2 nitrogen and oxygen atoms in total. The van der Waals surface area contributed by atoms with E-state index in [2.05, 4.69) is 4.99 Å². The Morgan fingerprint density at radius 1 is 1.21 bits per heavy atom. The SMILES string of the molecule is Cc1cccc(N=C(N)SCc2cccc(F)c2)c1. The van der Waals surface area contributed by atoms with Gasteiger partial charge in [-0.3, -0.25) is 0 Å². The Labute approximate surface area is 116 Å². The van der Waals surface area contributed by atoms with Crippen LogP contribution in [-0.4, -0.2) is 5.17 Å². The Bertz CT molecular complexity index is 596. The van der Waals surface area contributed by atoms with Crippen LogP contribution in [0.2, 0.25) is 0 Å². The highest BCUT2D eigenvalue weighted by molar-refractivity contribution is 8.13. The standard InChI is InChI=1S/C15H15FN2S/c1-11-4-2-7-14(8-11)18-15(17)19-10-12-5-3-6-13(16)9-12/h2-9H,10H2,1H3,(H2,17,18). The van der Waals surface area contributed by atoms with Crippen LogP contribution >= 0.6 is 11.8 Å². The second-order valence-corrected chi connectivity index (χ2v) is 5.20. The van der Waals surface area contributed by atoms with E-state index in [0.29, 0.717) is 10.9 Å². The Kier molecular flexibility index (Phi) is 4.58. The second kappa shape index (κ2) is 6.38. The molecule has 0 amide bonds. The highest BCUT2D eigenvalue weighted by Crippen LogP contribution is 2.18. The van der Waals surface area contributed by atoms with Crippen LogP contribution in [0.15, 0.2) is 53.5 Å². The molecule has 0 aliphatic carbocycles. The monoisotopic (exact) mass is 274 g/mol. The van der Waals surface area contributed by atoms with Crippen molar-refractivity contribution in [1.29, 1.82) is 0 Å². The zero-order valence-electron chi connectivity index (χ0n) is 10.6.